The van der Waals surface area contributed by atoms with Gasteiger partial charge in [-0.25, -0.2) is 13.2 Å². The van der Waals surface area contributed by atoms with Crippen LogP contribution < -0.4 is 24.8 Å². The summed E-state index contributed by atoms with van der Waals surface area (Å²) >= 11 is 0. The molecule has 0 aliphatic carbocycles. The van der Waals surface area contributed by atoms with Gasteiger partial charge in [0.2, 0.25) is 16.8 Å². The van der Waals surface area contributed by atoms with Crippen LogP contribution in [0.4, 0.5) is 16.2 Å². The summed E-state index contributed by atoms with van der Waals surface area (Å²) < 4.78 is 44.9. The number of fused-ring (bicyclic) bond motifs is 2. The van der Waals surface area contributed by atoms with Gasteiger partial charge in [0.05, 0.1) is 29.7 Å². The fourth-order valence-corrected chi connectivity index (χ4v) is 6.21. The van der Waals surface area contributed by atoms with Crippen molar-refractivity contribution < 1.29 is 37.3 Å². The lowest BCUT2D eigenvalue weighted by molar-refractivity contribution is 0.0387. The van der Waals surface area contributed by atoms with E-state index in [1.54, 1.807) is 66.4 Å². The van der Waals surface area contributed by atoms with Gasteiger partial charge >= 0.3 is 6.03 Å². The summed E-state index contributed by atoms with van der Waals surface area (Å²) in [5, 5.41) is 15.4. The lowest BCUT2D eigenvalue weighted by Gasteiger charge is -2.38. The van der Waals surface area contributed by atoms with E-state index in [9.17, 15) is 23.1 Å². The number of carbonyl (C=O) groups is 2. The van der Waals surface area contributed by atoms with Crippen LogP contribution in [0.15, 0.2) is 65.6 Å². The molecule has 0 radical (unpaired) electrons. The third kappa shape index (κ3) is 6.59. The van der Waals surface area contributed by atoms with Gasteiger partial charge in [-0.3, -0.25) is 4.79 Å². The largest absolute Gasteiger partial charge is 0.488 e. The number of aliphatic hydroxyl groups is 1. The number of anilines is 2. The van der Waals surface area contributed by atoms with Crippen molar-refractivity contribution in [2.24, 2.45) is 5.92 Å². The van der Waals surface area contributed by atoms with Crippen molar-refractivity contribution in [2.45, 2.75) is 37.8 Å². The molecule has 2 heterocycles. The summed E-state index contributed by atoms with van der Waals surface area (Å²) in [5.74, 6) is 0.675. The standard InChI is InChI=1S/C31H36N4O8S/c1-19-5-9-24(10-6-19)44(39,40)34(4)16-29-20(2)15-35(21(3)17-36)30(37)25-13-22(7-11-26(25)43-29)32-31(38)33-23-8-12-27-28(14-23)42-18-41-27/h5-14,20-21,29,36H,15-18H2,1-4H3,(H2,32,33,38)/t20-,21+,29-/m0/s1. The number of ether oxygens (including phenoxy) is 3. The van der Waals surface area contributed by atoms with E-state index in [1.807, 2.05) is 13.8 Å². The second kappa shape index (κ2) is 12.7. The summed E-state index contributed by atoms with van der Waals surface area (Å²) in [6, 6.07) is 15.3. The van der Waals surface area contributed by atoms with Gasteiger partial charge in [-0.2, -0.15) is 4.31 Å². The van der Waals surface area contributed by atoms with Gasteiger partial charge in [0.1, 0.15) is 11.9 Å². The number of aryl methyl sites for hydroxylation is 1. The third-order valence-electron chi connectivity index (χ3n) is 7.72. The number of aliphatic hydroxyl groups excluding tert-OH is 1. The molecule has 3 amide bonds. The second-order valence-corrected chi connectivity index (χ2v) is 13.1. The number of hydrogen-bond donors (Lipinski definition) is 3. The second-order valence-electron chi connectivity index (χ2n) is 11.1. The maximum Gasteiger partial charge on any atom is 0.323 e. The van der Waals surface area contributed by atoms with Crippen molar-refractivity contribution in [2.75, 3.05) is 44.2 Å². The molecule has 3 aromatic rings. The maximum atomic E-state index is 13.7. The van der Waals surface area contributed by atoms with E-state index in [2.05, 4.69) is 10.6 Å². The van der Waals surface area contributed by atoms with Crippen LogP contribution in [0.3, 0.4) is 0 Å². The minimum absolute atomic E-state index is 0.0181. The Kier molecular flexibility index (Phi) is 9.00. The average molecular weight is 625 g/mol. The Morgan fingerprint density at radius 1 is 1.02 bits per heavy atom. The molecule has 0 saturated carbocycles. The number of hydrogen-bond acceptors (Lipinski definition) is 8. The first kappa shape index (κ1) is 31.1. The Morgan fingerprint density at radius 2 is 1.66 bits per heavy atom. The predicted octanol–water partition coefficient (Wildman–Crippen LogP) is 3.91. The van der Waals surface area contributed by atoms with Crippen molar-refractivity contribution in [3.05, 3.63) is 71.8 Å². The minimum atomic E-state index is -3.81. The molecule has 13 heteroatoms. The van der Waals surface area contributed by atoms with Gasteiger partial charge in [-0.1, -0.05) is 24.6 Å². The fourth-order valence-electron chi connectivity index (χ4n) is 5.03. The minimum Gasteiger partial charge on any atom is -0.488 e. The Balaban J connectivity index is 1.38. The number of nitrogens with one attached hydrogen (secondary N) is 2. The molecule has 234 valence electrons. The highest BCUT2D eigenvalue weighted by atomic mass is 32.2. The molecule has 44 heavy (non-hydrogen) atoms. The highest BCUT2D eigenvalue weighted by molar-refractivity contribution is 7.89. The van der Waals surface area contributed by atoms with E-state index in [0.717, 1.165) is 5.56 Å². The average Bonchev–Trinajstić information content (AvgIpc) is 3.47. The molecule has 3 aromatic carbocycles. The van der Waals surface area contributed by atoms with Gasteiger partial charge in [0, 0.05) is 37.0 Å². The molecular formula is C31H36N4O8S. The zero-order valence-electron chi connectivity index (χ0n) is 24.9. The molecule has 3 N–H and O–H groups in total. The van der Waals surface area contributed by atoms with Crippen molar-refractivity contribution >= 4 is 33.3 Å². The van der Waals surface area contributed by atoms with Crippen molar-refractivity contribution in [1.29, 1.82) is 0 Å². The number of likely N-dealkylation sites (N-methyl/N-ethyl adjacent to an activating group) is 1. The van der Waals surface area contributed by atoms with Crippen LogP contribution in [0.2, 0.25) is 0 Å². The molecule has 5 rings (SSSR count). The number of benzene rings is 3. The normalized spacial score (nSPS) is 18.6. The van der Waals surface area contributed by atoms with Crippen molar-refractivity contribution in [3.8, 4) is 17.2 Å². The lowest BCUT2D eigenvalue weighted by atomic mass is 9.99. The number of carbonyl (C=O) groups excluding carboxylic acids is 2. The molecule has 12 nitrogen and oxygen atoms in total. The predicted molar refractivity (Wildman–Crippen MR) is 164 cm³/mol. The summed E-state index contributed by atoms with van der Waals surface area (Å²) in [6.07, 6.45) is -0.631. The van der Waals surface area contributed by atoms with Gasteiger partial charge in [0.25, 0.3) is 5.91 Å². The molecule has 0 aromatic heterocycles. The smallest absolute Gasteiger partial charge is 0.323 e. The van der Waals surface area contributed by atoms with E-state index < -0.39 is 28.2 Å². The first-order valence-corrected chi connectivity index (χ1v) is 15.6. The third-order valence-corrected chi connectivity index (χ3v) is 9.56. The lowest BCUT2D eigenvalue weighted by Crippen LogP contribution is -2.50. The number of rotatable bonds is 8. The van der Waals surface area contributed by atoms with Gasteiger partial charge in [-0.05, 0) is 56.3 Å². The molecule has 2 aliphatic heterocycles. The molecule has 0 unspecified atom stereocenters. The van der Waals surface area contributed by atoms with Crippen LogP contribution in [-0.4, -0.2) is 80.4 Å². The Morgan fingerprint density at radius 3 is 2.34 bits per heavy atom. The van der Waals surface area contributed by atoms with E-state index in [1.165, 1.54) is 17.4 Å². The Labute approximate surface area is 256 Å². The summed E-state index contributed by atoms with van der Waals surface area (Å²) in [4.78, 5) is 28.3. The zero-order chi connectivity index (χ0) is 31.6. The van der Waals surface area contributed by atoms with E-state index in [4.69, 9.17) is 14.2 Å². The van der Waals surface area contributed by atoms with Crippen LogP contribution in [0.1, 0.15) is 29.8 Å². The van der Waals surface area contributed by atoms with Crippen LogP contribution in [0.25, 0.3) is 0 Å². The van der Waals surface area contributed by atoms with E-state index in [-0.39, 0.29) is 54.5 Å². The van der Waals surface area contributed by atoms with Crippen LogP contribution in [0.5, 0.6) is 17.2 Å². The summed E-state index contributed by atoms with van der Waals surface area (Å²) in [5.41, 5.74) is 1.94. The topological polar surface area (TPSA) is 147 Å². The molecular weight excluding hydrogens is 588 g/mol. The molecule has 0 bridgehead atoms. The highest BCUT2D eigenvalue weighted by Gasteiger charge is 2.35. The van der Waals surface area contributed by atoms with Crippen LogP contribution in [0, 0.1) is 12.8 Å². The highest BCUT2D eigenvalue weighted by Crippen LogP contribution is 2.35. The molecule has 0 spiro atoms. The SMILES string of the molecule is Cc1ccc(S(=O)(=O)N(C)C[C@@H]2Oc3ccc(NC(=O)Nc4ccc5c(c4)OCO5)cc3C(=O)N([C@H](C)CO)C[C@@H]2C)cc1. The van der Waals surface area contributed by atoms with Gasteiger partial charge in [-0.15, -0.1) is 0 Å². The molecule has 0 saturated heterocycles. The Hall–Kier alpha value is -4.33. The van der Waals surface area contributed by atoms with Crippen LogP contribution in [-0.2, 0) is 10.0 Å². The first-order chi connectivity index (χ1) is 21.0. The zero-order valence-corrected chi connectivity index (χ0v) is 25.8. The van der Waals surface area contributed by atoms with Crippen molar-refractivity contribution in [3.63, 3.8) is 0 Å². The monoisotopic (exact) mass is 624 g/mol. The van der Waals surface area contributed by atoms with Gasteiger partial charge in [0.15, 0.2) is 11.5 Å². The first-order valence-electron chi connectivity index (χ1n) is 14.2. The number of urea groups is 1. The van der Waals surface area contributed by atoms with E-state index in [0.29, 0.717) is 22.9 Å². The number of nitrogens with zero attached hydrogens (tertiary/aromatic N) is 2. The fraction of sp³-hybridized carbons (Fsp3) is 0.355. The number of amides is 3. The van der Waals surface area contributed by atoms with Crippen LogP contribution >= 0.6 is 0 Å². The summed E-state index contributed by atoms with van der Waals surface area (Å²) in [6.45, 7) is 5.57. The number of sulfonamides is 1. The molecule has 0 fully saturated rings. The quantitative estimate of drug-likeness (QED) is 0.342. The summed E-state index contributed by atoms with van der Waals surface area (Å²) in [7, 11) is -2.31. The Bertz CT molecular complexity index is 1650. The van der Waals surface area contributed by atoms with E-state index >= 15 is 0 Å². The maximum absolute atomic E-state index is 13.7. The van der Waals surface area contributed by atoms with Gasteiger partial charge < -0.3 is 34.9 Å². The molecule has 3 atom stereocenters. The molecule has 2 aliphatic rings. The van der Waals surface area contributed by atoms with Crippen molar-refractivity contribution in [1.82, 2.24) is 9.21 Å².